The molecule has 0 unspecified atom stereocenters. The molecular weight excluding hydrogens is 363 g/mol. The Balaban J connectivity index is 2.07. The van der Waals surface area contributed by atoms with Crippen LogP contribution in [-0.2, 0) is 0 Å². The van der Waals surface area contributed by atoms with Crippen LogP contribution in [0.3, 0.4) is 0 Å². The summed E-state index contributed by atoms with van der Waals surface area (Å²) in [6.45, 7) is 0. The lowest BCUT2D eigenvalue weighted by molar-refractivity contribution is -0.274. The maximum absolute atomic E-state index is 12.7. The second-order valence-electron chi connectivity index (χ2n) is 5.59. The van der Waals surface area contributed by atoms with E-state index >= 15 is 0 Å². The van der Waals surface area contributed by atoms with Crippen LogP contribution in [0.15, 0.2) is 53.6 Å². The number of anilines is 1. The summed E-state index contributed by atoms with van der Waals surface area (Å²) in [5.74, 6) is 0.205. The lowest BCUT2D eigenvalue weighted by atomic mass is 10.2. The molecule has 0 fully saturated rings. The molecule has 4 aromatic rings. The van der Waals surface area contributed by atoms with Crippen molar-refractivity contribution in [2.75, 3.05) is 12.4 Å². The Morgan fingerprint density at radius 2 is 2.00 bits per heavy atom. The topological polar surface area (TPSA) is 73.5 Å². The van der Waals surface area contributed by atoms with Crippen molar-refractivity contribution in [2.24, 2.45) is 0 Å². The molecule has 3 aromatic heterocycles. The van der Waals surface area contributed by atoms with E-state index in [1.54, 1.807) is 42.0 Å². The van der Waals surface area contributed by atoms with E-state index in [1.165, 1.54) is 16.7 Å². The number of nitrogens with zero attached hydrogens (tertiary/aromatic N) is 4. The minimum absolute atomic E-state index is 0.210. The smallest absolute Gasteiger partial charge is 0.406 e. The van der Waals surface area contributed by atoms with Gasteiger partial charge in [-0.2, -0.15) is 4.98 Å². The molecule has 0 spiro atoms. The lowest BCUT2D eigenvalue weighted by Gasteiger charge is -2.15. The molecule has 0 amide bonds. The van der Waals surface area contributed by atoms with Gasteiger partial charge in [-0.25, -0.2) is 14.3 Å². The first-order chi connectivity index (χ1) is 12.9. The van der Waals surface area contributed by atoms with Crippen molar-refractivity contribution in [3.8, 4) is 11.6 Å². The van der Waals surface area contributed by atoms with Gasteiger partial charge in [0.2, 0.25) is 0 Å². The summed E-state index contributed by atoms with van der Waals surface area (Å²) >= 11 is 0. The van der Waals surface area contributed by atoms with Crippen LogP contribution in [0.1, 0.15) is 0 Å². The number of pyridine rings is 1. The predicted molar refractivity (Wildman–Crippen MR) is 92.3 cm³/mol. The van der Waals surface area contributed by atoms with Crippen LogP contribution in [0, 0.1) is 0 Å². The van der Waals surface area contributed by atoms with Crippen molar-refractivity contribution in [3.05, 3.63) is 59.3 Å². The fourth-order valence-corrected chi connectivity index (χ4v) is 2.93. The van der Waals surface area contributed by atoms with E-state index in [0.29, 0.717) is 16.9 Å². The third-order valence-electron chi connectivity index (χ3n) is 3.97. The number of rotatable bonds is 3. The molecule has 0 aliphatic heterocycles. The van der Waals surface area contributed by atoms with Crippen molar-refractivity contribution < 1.29 is 17.9 Å². The zero-order valence-electron chi connectivity index (χ0n) is 13.9. The highest BCUT2D eigenvalue weighted by Crippen LogP contribution is 2.29. The zero-order valence-corrected chi connectivity index (χ0v) is 13.9. The highest BCUT2D eigenvalue weighted by atomic mass is 19.4. The Morgan fingerprint density at radius 1 is 1.19 bits per heavy atom. The summed E-state index contributed by atoms with van der Waals surface area (Å²) in [6, 6.07) is 8.82. The van der Waals surface area contributed by atoms with Crippen LogP contribution in [-0.4, -0.2) is 32.3 Å². The molecule has 1 N–H and O–H groups in total. The molecular formula is C17H12F3N5O2. The van der Waals surface area contributed by atoms with Gasteiger partial charge in [0.25, 0.3) is 0 Å². The minimum Gasteiger partial charge on any atom is -0.406 e. The van der Waals surface area contributed by atoms with E-state index in [4.69, 9.17) is 0 Å². The third kappa shape index (κ3) is 2.94. The molecule has 3 heterocycles. The maximum atomic E-state index is 12.7. The van der Waals surface area contributed by atoms with Gasteiger partial charge in [-0.1, -0.05) is 6.07 Å². The fourth-order valence-electron chi connectivity index (χ4n) is 2.93. The average molecular weight is 375 g/mol. The molecule has 138 valence electrons. The Kier molecular flexibility index (Phi) is 3.76. The van der Waals surface area contributed by atoms with Gasteiger partial charge < -0.3 is 10.1 Å². The number of fused-ring (bicyclic) bond motifs is 2. The first-order valence-electron chi connectivity index (χ1n) is 7.80. The molecule has 4 rings (SSSR count). The Morgan fingerprint density at radius 3 is 2.74 bits per heavy atom. The van der Waals surface area contributed by atoms with Crippen LogP contribution < -0.4 is 15.7 Å². The normalized spacial score (nSPS) is 11.9. The average Bonchev–Trinajstić information content (AvgIpc) is 3.08. The van der Waals surface area contributed by atoms with Gasteiger partial charge in [-0.05, 0) is 24.3 Å². The van der Waals surface area contributed by atoms with E-state index in [9.17, 15) is 18.0 Å². The van der Waals surface area contributed by atoms with Crippen molar-refractivity contribution in [3.63, 3.8) is 0 Å². The summed E-state index contributed by atoms with van der Waals surface area (Å²) < 4.78 is 44.8. The van der Waals surface area contributed by atoms with E-state index in [0.717, 1.165) is 6.07 Å². The Hall–Kier alpha value is -3.56. The first-order valence-corrected chi connectivity index (χ1v) is 7.80. The van der Waals surface area contributed by atoms with Gasteiger partial charge in [0.1, 0.15) is 23.0 Å². The quantitative estimate of drug-likeness (QED) is 0.596. The van der Waals surface area contributed by atoms with Gasteiger partial charge in [-0.15, -0.1) is 13.2 Å². The van der Waals surface area contributed by atoms with Crippen LogP contribution in [0.5, 0.6) is 5.75 Å². The van der Waals surface area contributed by atoms with Crippen LogP contribution in [0.25, 0.3) is 22.4 Å². The summed E-state index contributed by atoms with van der Waals surface area (Å²) in [6.07, 6.45) is -1.65. The van der Waals surface area contributed by atoms with Gasteiger partial charge in [0.15, 0.2) is 0 Å². The lowest BCUT2D eigenvalue weighted by Crippen LogP contribution is -2.25. The number of aromatic nitrogens is 4. The molecule has 0 atom stereocenters. The number of halogens is 3. The van der Waals surface area contributed by atoms with Gasteiger partial charge >= 0.3 is 12.1 Å². The van der Waals surface area contributed by atoms with Crippen molar-refractivity contribution in [1.82, 2.24) is 18.9 Å². The summed E-state index contributed by atoms with van der Waals surface area (Å²) in [4.78, 5) is 20.8. The number of ether oxygens (including phenoxy) is 1. The van der Waals surface area contributed by atoms with Gasteiger partial charge in [-0.3, -0.25) is 4.40 Å². The van der Waals surface area contributed by atoms with E-state index in [1.807, 2.05) is 0 Å². The molecule has 0 saturated heterocycles. The molecule has 0 radical (unpaired) electrons. The number of hydrogen-bond acceptors (Lipinski definition) is 5. The predicted octanol–water partition coefficient (Wildman–Crippen LogP) is 2.97. The van der Waals surface area contributed by atoms with Gasteiger partial charge in [0.05, 0.1) is 5.52 Å². The second kappa shape index (κ2) is 6.01. The monoisotopic (exact) mass is 375 g/mol. The molecule has 0 saturated carbocycles. The highest BCUT2D eigenvalue weighted by molar-refractivity contribution is 5.91. The Bertz CT molecular complexity index is 1210. The minimum atomic E-state index is -4.85. The van der Waals surface area contributed by atoms with Crippen molar-refractivity contribution in [1.29, 1.82) is 0 Å². The number of alkyl halides is 3. The summed E-state index contributed by atoms with van der Waals surface area (Å²) in [5, 5.41) is 3.24. The number of hydrogen-bond donors (Lipinski definition) is 1. The second-order valence-corrected chi connectivity index (χ2v) is 5.59. The van der Waals surface area contributed by atoms with E-state index in [-0.39, 0.29) is 11.3 Å². The molecule has 10 heteroatoms. The van der Waals surface area contributed by atoms with Crippen LogP contribution >= 0.6 is 0 Å². The van der Waals surface area contributed by atoms with E-state index in [2.05, 4.69) is 20.0 Å². The van der Waals surface area contributed by atoms with Crippen LogP contribution in [0.4, 0.5) is 19.0 Å². The number of imidazole rings is 1. The molecule has 1 aromatic carbocycles. The summed E-state index contributed by atoms with van der Waals surface area (Å²) in [5.41, 5.74) is 0.132. The van der Waals surface area contributed by atoms with Crippen molar-refractivity contribution >= 4 is 22.4 Å². The highest BCUT2D eigenvalue weighted by Gasteiger charge is 2.31. The molecule has 0 aliphatic rings. The number of nitrogens with one attached hydrogen (secondary N) is 1. The molecule has 7 nitrogen and oxygen atoms in total. The van der Waals surface area contributed by atoms with E-state index < -0.39 is 17.8 Å². The SMILES string of the molecule is CNc1nc(=O)n(-c2cccc3nccn23)c2cc(OC(F)(F)F)ccc12. The zero-order chi connectivity index (χ0) is 19.2. The molecule has 27 heavy (non-hydrogen) atoms. The molecule has 0 bridgehead atoms. The summed E-state index contributed by atoms with van der Waals surface area (Å²) in [7, 11) is 1.57. The number of benzene rings is 1. The maximum Gasteiger partial charge on any atom is 0.573 e. The van der Waals surface area contributed by atoms with Gasteiger partial charge in [0, 0.05) is 30.9 Å². The third-order valence-corrected chi connectivity index (χ3v) is 3.97. The molecule has 0 aliphatic carbocycles. The first kappa shape index (κ1) is 16.9. The Labute approximate surface area is 149 Å². The largest absolute Gasteiger partial charge is 0.573 e. The van der Waals surface area contributed by atoms with Crippen LogP contribution in [0.2, 0.25) is 0 Å². The standard InChI is InChI=1S/C17H12F3N5O2/c1-21-15-11-6-5-10(27-17(18,19)20)9-12(11)25(16(26)23-15)14-4-2-3-13-22-7-8-24(13)14/h2-9H,1H3,(H,21,23,26). The fraction of sp³-hybridized carbons (Fsp3) is 0.118. The van der Waals surface area contributed by atoms with Crippen molar-refractivity contribution in [2.45, 2.75) is 6.36 Å².